The first-order valence-corrected chi connectivity index (χ1v) is 11.8. The van der Waals surface area contributed by atoms with Gasteiger partial charge in [-0.1, -0.05) is 25.8 Å². The normalized spacial score (nSPS) is 35.4. The first-order chi connectivity index (χ1) is 15.1. The number of carbonyl (C=O) groups is 3. The number of amides is 2. The molecular weight excluding hydrogens is 412 g/mol. The molecular formula is C24H38N2O6. The molecule has 32 heavy (non-hydrogen) atoms. The lowest BCUT2D eigenvalue weighted by Crippen LogP contribution is -2.57. The van der Waals surface area contributed by atoms with E-state index in [1.807, 2.05) is 20.8 Å². The number of rotatable bonds is 11. The van der Waals surface area contributed by atoms with Crippen LogP contribution in [-0.2, 0) is 19.1 Å². The Hall–Kier alpha value is -1.93. The maximum absolute atomic E-state index is 13.9. The van der Waals surface area contributed by atoms with E-state index < -0.39 is 35.0 Å². The van der Waals surface area contributed by atoms with Crippen LogP contribution in [-0.4, -0.2) is 80.8 Å². The molecule has 180 valence electrons. The molecule has 8 heteroatoms. The zero-order valence-corrected chi connectivity index (χ0v) is 19.7. The molecule has 1 spiro atoms. The van der Waals surface area contributed by atoms with Crippen LogP contribution < -0.4 is 0 Å². The van der Waals surface area contributed by atoms with Gasteiger partial charge in [0.05, 0.1) is 11.5 Å². The van der Waals surface area contributed by atoms with Gasteiger partial charge >= 0.3 is 5.97 Å². The van der Waals surface area contributed by atoms with Crippen LogP contribution in [0.2, 0.25) is 0 Å². The number of carboxylic acids is 1. The van der Waals surface area contributed by atoms with Gasteiger partial charge in [0.15, 0.2) is 0 Å². The lowest BCUT2D eigenvalue weighted by molar-refractivity contribution is -0.158. The fourth-order valence-electron chi connectivity index (χ4n) is 6.23. The molecule has 0 aromatic rings. The Morgan fingerprint density at radius 2 is 1.97 bits per heavy atom. The SMILES string of the molecule is C=CCN(C(=O)C1N(CCCCCCO)C(=O)[C@@H]2[C@H](C(=O)O)[C@@]3(C)OC12CC3C)C(C)C. The van der Waals surface area contributed by atoms with E-state index in [0.29, 0.717) is 32.4 Å². The summed E-state index contributed by atoms with van der Waals surface area (Å²) in [5, 5.41) is 19.1. The average Bonchev–Trinajstić information content (AvgIpc) is 3.22. The quantitative estimate of drug-likeness (QED) is 0.369. The fraction of sp³-hybridized carbons (Fsp3) is 0.792. The average molecular weight is 451 g/mol. The van der Waals surface area contributed by atoms with Crippen LogP contribution in [0.4, 0.5) is 0 Å². The summed E-state index contributed by atoms with van der Waals surface area (Å²) in [6.45, 7) is 12.2. The van der Waals surface area contributed by atoms with Crippen molar-refractivity contribution < 1.29 is 29.3 Å². The number of aliphatic hydroxyl groups excluding tert-OH is 1. The Labute approximate surface area is 190 Å². The van der Waals surface area contributed by atoms with Crippen molar-refractivity contribution in [3.63, 3.8) is 0 Å². The van der Waals surface area contributed by atoms with Gasteiger partial charge in [0.1, 0.15) is 17.6 Å². The van der Waals surface area contributed by atoms with Crippen LogP contribution >= 0.6 is 0 Å². The van der Waals surface area contributed by atoms with Gasteiger partial charge in [-0.05, 0) is 46.0 Å². The molecule has 3 aliphatic heterocycles. The Kier molecular flexibility index (Phi) is 7.05. The topological polar surface area (TPSA) is 107 Å². The van der Waals surface area contributed by atoms with Crippen LogP contribution in [0.3, 0.4) is 0 Å². The summed E-state index contributed by atoms with van der Waals surface area (Å²) in [7, 11) is 0. The van der Waals surface area contributed by atoms with Gasteiger partial charge in [0.25, 0.3) is 0 Å². The highest BCUT2D eigenvalue weighted by molar-refractivity contribution is 5.98. The molecule has 0 radical (unpaired) electrons. The summed E-state index contributed by atoms with van der Waals surface area (Å²) < 4.78 is 6.50. The van der Waals surface area contributed by atoms with Gasteiger partial charge in [-0.15, -0.1) is 6.58 Å². The lowest BCUT2D eigenvalue weighted by atomic mass is 9.62. The highest BCUT2D eigenvalue weighted by atomic mass is 16.5. The second-order valence-corrected chi connectivity index (χ2v) is 10.1. The highest BCUT2D eigenvalue weighted by Gasteiger charge is 2.80. The molecule has 3 unspecified atom stereocenters. The summed E-state index contributed by atoms with van der Waals surface area (Å²) >= 11 is 0. The van der Waals surface area contributed by atoms with Gasteiger partial charge in [-0.25, -0.2) is 0 Å². The minimum Gasteiger partial charge on any atom is -0.481 e. The van der Waals surface area contributed by atoms with Crippen LogP contribution in [0, 0.1) is 17.8 Å². The number of fused-ring (bicyclic) bond motifs is 1. The van der Waals surface area contributed by atoms with Crippen molar-refractivity contribution in [3.05, 3.63) is 12.7 Å². The number of hydrogen-bond donors (Lipinski definition) is 2. The Balaban J connectivity index is 2.00. The molecule has 6 atom stereocenters. The lowest BCUT2D eigenvalue weighted by Gasteiger charge is -2.38. The van der Waals surface area contributed by atoms with Crippen LogP contribution in [0.25, 0.3) is 0 Å². The van der Waals surface area contributed by atoms with Crippen molar-refractivity contribution in [2.24, 2.45) is 17.8 Å². The van der Waals surface area contributed by atoms with Crippen molar-refractivity contribution in [3.8, 4) is 0 Å². The number of nitrogens with zero attached hydrogens (tertiary/aromatic N) is 2. The van der Waals surface area contributed by atoms with Crippen molar-refractivity contribution in [1.82, 2.24) is 9.80 Å². The fourth-order valence-corrected chi connectivity index (χ4v) is 6.23. The van der Waals surface area contributed by atoms with Gasteiger partial charge in [0, 0.05) is 25.7 Å². The maximum atomic E-state index is 13.9. The van der Waals surface area contributed by atoms with Crippen molar-refractivity contribution >= 4 is 17.8 Å². The first kappa shape index (κ1) is 24.7. The van der Waals surface area contributed by atoms with Crippen molar-refractivity contribution in [1.29, 1.82) is 0 Å². The van der Waals surface area contributed by atoms with E-state index in [9.17, 15) is 19.5 Å². The van der Waals surface area contributed by atoms with Crippen LogP contribution in [0.5, 0.6) is 0 Å². The van der Waals surface area contributed by atoms with E-state index in [1.54, 1.807) is 22.8 Å². The van der Waals surface area contributed by atoms with E-state index in [0.717, 1.165) is 12.8 Å². The summed E-state index contributed by atoms with van der Waals surface area (Å²) in [6.07, 6.45) is 5.20. The van der Waals surface area contributed by atoms with E-state index in [1.165, 1.54) is 0 Å². The highest BCUT2D eigenvalue weighted by Crippen LogP contribution is 2.65. The number of likely N-dealkylation sites (tertiary alicyclic amines) is 1. The number of carboxylic acid groups (broad SMARTS) is 1. The number of aliphatic carboxylic acids is 1. The summed E-state index contributed by atoms with van der Waals surface area (Å²) in [5.74, 6) is -3.43. The van der Waals surface area contributed by atoms with Crippen molar-refractivity contribution in [2.45, 2.75) is 83.1 Å². The zero-order chi connectivity index (χ0) is 23.8. The standard InChI is InChI=1S/C24H38N2O6/c1-6-11-25(15(2)3)21(29)19-24-14-16(4)23(5,32-24)18(22(30)31)17(24)20(28)26(19)12-9-7-8-10-13-27/h6,15-19,27H,1,7-14H2,2-5H3,(H,30,31)/t16?,17-,18+,19?,23-,24?/m0/s1. The molecule has 3 heterocycles. The number of carbonyl (C=O) groups excluding carboxylic acids is 2. The third kappa shape index (κ3) is 3.65. The summed E-state index contributed by atoms with van der Waals surface area (Å²) in [6, 6.07) is -0.937. The monoisotopic (exact) mass is 450 g/mol. The summed E-state index contributed by atoms with van der Waals surface area (Å²) in [5.41, 5.74) is -2.09. The molecule has 2 bridgehead atoms. The molecule has 2 amide bonds. The molecule has 0 saturated carbocycles. The second kappa shape index (κ2) is 9.14. The molecule has 3 rings (SSSR count). The van der Waals surface area contributed by atoms with E-state index in [4.69, 9.17) is 9.84 Å². The molecule has 0 aromatic carbocycles. The van der Waals surface area contributed by atoms with E-state index in [-0.39, 0.29) is 30.4 Å². The number of unbranched alkanes of at least 4 members (excludes halogenated alkanes) is 3. The van der Waals surface area contributed by atoms with Gasteiger partial charge < -0.3 is 24.7 Å². The Morgan fingerprint density at radius 3 is 2.53 bits per heavy atom. The zero-order valence-electron chi connectivity index (χ0n) is 19.7. The first-order valence-electron chi connectivity index (χ1n) is 11.8. The third-order valence-corrected chi connectivity index (χ3v) is 7.85. The molecule has 8 nitrogen and oxygen atoms in total. The predicted octanol–water partition coefficient (Wildman–Crippen LogP) is 2.06. The second-order valence-electron chi connectivity index (χ2n) is 10.1. The molecule has 3 fully saturated rings. The smallest absolute Gasteiger partial charge is 0.310 e. The van der Waals surface area contributed by atoms with Gasteiger partial charge in [0.2, 0.25) is 11.8 Å². The molecule has 2 N–H and O–H groups in total. The summed E-state index contributed by atoms with van der Waals surface area (Å²) in [4.78, 5) is 43.2. The number of aliphatic hydroxyl groups is 1. The minimum atomic E-state index is -1.12. The van der Waals surface area contributed by atoms with Gasteiger partial charge in [-0.3, -0.25) is 14.4 Å². The van der Waals surface area contributed by atoms with E-state index in [2.05, 4.69) is 6.58 Å². The Morgan fingerprint density at radius 1 is 1.31 bits per heavy atom. The van der Waals surface area contributed by atoms with Crippen LogP contribution in [0.1, 0.15) is 59.8 Å². The largest absolute Gasteiger partial charge is 0.481 e. The number of hydrogen-bond acceptors (Lipinski definition) is 5. The predicted molar refractivity (Wildman–Crippen MR) is 119 cm³/mol. The maximum Gasteiger partial charge on any atom is 0.310 e. The molecule has 0 aromatic heterocycles. The van der Waals surface area contributed by atoms with Crippen molar-refractivity contribution in [2.75, 3.05) is 19.7 Å². The van der Waals surface area contributed by atoms with Gasteiger partial charge in [-0.2, -0.15) is 0 Å². The molecule has 0 aliphatic carbocycles. The molecule has 3 aliphatic rings. The Bertz CT molecular complexity index is 770. The molecule has 3 saturated heterocycles. The number of ether oxygens (including phenoxy) is 1. The minimum absolute atomic E-state index is 0.0839. The van der Waals surface area contributed by atoms with E-state index >= 15 is 0 Å². The third-order valence-electron chi connectivity index (χ3n) is 7.85. The van der Waals surface area contributed by atoms with Crippen LogP contribution in [0.15, 0.2) is 12.7 Å².